The monoisotopic (exact) mass is 375 g/mol. The summed E-state index contributed by atoms with van der Waals surface area (Å²) in [6, 6.07) is 21.0. The van der Waals surface area contributed by atoms with E-state index < -0.39 is 5.69 Å². The summed E-state index contributed by atoms with van der Waals surface area (Å²) in [4.78, 5) is 30.4. The van der Waals surface area contributed by atoms with Crippen molar-refractivity contribution in [2.24, 2.45) is 0 Å². The molecule has 5 nitrogen and oxygen atoms in total. The highest BCUT2D eigenvalue weighted by molar-refractivity contribution is 7.09. The molecule has 0 fully saturated rings. The van der Waals surface area contributed by atoms with Gasteiger partial charge in [0.15, 0.2) is 0 Å². The van der Waals surface area contributed by atoms with Crippen LogP contribution in [0, 0.1) is 0 Å². The van der Waals surface area contributed by atoms with Gasteiger partial charge in [-0.1, -0.05) is 54.6 Å². The second-order valence-corrected chi connectivity index (χ2v) is 7.10. The molecular weight excluding hydrogens is 358 g/mol. The molecule has 0 unspecified atom stereocenters. The number of carbonyl (C=O) groups excluding carboxylic acids is 1. The molecule has 2 aromatic carbocycles. The highest BCUT2D eigenvalue weighted by Gasteiger charge is 2.14. The number of nitrogens with zero attached hydrogens (tertiary/aromatic N) is 2. The van der Waals surface area contributed by atoms with Crippen molar-refractivity contribution >= 4 is 28.1 Å². The number of thiophene rings is 1. The SMILES string of the molecule is O=C(Cn1c(=O)nc(-c2ccccc2)c2ccccc21)NCc1cccs1. The summed E-state index contributed by atoms with van der Waals surface area (Å²) in [6.45, 7) is 0.394. The molecule has 4 aromatic rings. The Hall–Kier alpha value is -3.25. The van der Waals surface area contributed by atoms with Crippen molar-refractivity contribution in [2.45, 2.75) is 13.1 Å². The normalized spacial score (nSPS) is 10.8. The van der Waals surface area contributed by atoms with Crippen LogP contribution < -0.4 is 11.0 Å². The van der Waals surface area contributed by atoms with Crippen LogP contribution in [-0.2, 0) is 17.9 Å². The van der Waals surface area contributed by atoms with Gasteiger partial charge in [0.2, 0.25) is 5.91 Å². The maximum absolute atomic E-state index is 12.7. The highest BCUT2D eigenvalue weighted by Crippen LogP contribution is 2.24. The molecule has 0 spiro atoms. The minimum Gasteiger partial charge on any atom is -0.350 e. The fraction of sp³-hybridized carbons (Fsp3) is 0.0952. The summed E-state index contributed by atoms with van der Waals surface area (Å²) in [7, 11) is 0. The van der Waals surface area contributed by atoms with Crippen LogP contribution >= 0.6 is 11.3 Å². The van der Waals surface area contributed by atoms with Crippen molar-refractivity contribution in [1.29, 1.82) is 0 Å². The lowest BCUT2D eigenvalue weighted by atomic mass is 10.1. The summed E-state index contributed by atoms with van der Waals surface area (Å²) < 4.78 is 1.42. The zero-order chi connectivity index (χ0) is 18.6. The highest BCUT2D eigenvalue weighted by atomic mass is 32.1. The number of para-hydroxylation sites is 1. The number of aromatic nitrogens is 2. The van der Waals surface area contributed by atoms with E-state index in [0.29, 0.717) is 17.8 Å². The molecule has 2 heterocycles. The number of amides is 1. The first-order chi connectivity index (χ1) is 13.2. The number of hydrogen-bond donors (Lipinski definition) is 1. The van der Waals surface area contributed by atoms with Crippen LogP contribution in [0.4, 0.5) is 0 Å². The summed E-state index contributed by atoms with van der Waals surface area (Å²) in [5.74, 6) is -0.218. The average Bonchev–Trinajstić information content (AvgIpc) is 3.23. The summed E-state index contributed by atoms with van der Waals surface area (Å²) in [6.07, 6.45) is 0. The zero-order valence-corrected chi connectivity index (χ0v) is 15.3. The molecule has 27 heavy (non-hydrogen) atoms. The molecule has 0 bridgehead atoms. The molecule has 0 saturated carbocycles. The minimum absolute atomic E-state index is 0.0627. The Balaban J connectivity index is 1.68. The lowest BCUT2D eigenvalue weighted by Crippen LogP contribution is -2.33. The van der Waals surface area contributed by atoms with Gasteiger partial charge in [0.25, 0.3) is 0 Å². The van der Waals surface area contributed by atoms with Gasteiger partial charge in [-0.25, -0.2) is 4.79 Å². The Morgan fingerprint density at radius 2 is 1.78 bits per heavy atom. The topological polar surface area (TPSA) is 64.0 Å². The van der Waals surface area contributed by atoms with E-state index in [4.69, 9.17) is 0 Å². The lowest BCUT2D eigenvalue weighted by Gasteiger charge is -2.12. The smallest absolute Gasteiger partial charge is 0.349 e. The Bertz CT molecular complexity index is 1140. The fourth-order valence-electron chi connectivity index (χ4n) is 3.00. The van der Waals surface area contributed by atoms with E-state index >= 15 is 0 Å². The Kier molecular flexibility index (Phi) is 4.80. The Morgan fingerprint density at radius 3 is 2.56 bits per heavy atom. The number of hydrogen-bond acceptors (Lipinski definition) is 4. The van der Waals surface area contributed by atoms with E-state index in [1.165, 1.54) is 4.57 Å². The molecule has 6 heteroatoms. The molecule has 0 saturated heterocycles. The molecule has 0 aliphatic heterocycles. The second kappa shape index (κ2) is 7.55. The standard InChI is InChI=1S/C21H17N3O2S/c25-19(22-13-16-9-6-12-27-16)14-24-18-11-5-4-10-17(18)20(23-21(24)26)15-7-2-1-3-8-15/h1-12H,13-14H2,(H,22,25). The van der Waals surface area contributed by atoms with Crippen molar-refractivity contribution in [2.75, 3.05) is 0 Å². The third kappa shape index (κ3) is 3.66. The van der Waals surface area contributed by atoms with E-state index in [1.54, 1.807) is 11.3 Å². The quantitative estimate of drug-likeness (QED) is 0.581. The van der Waals surface area contributed by atoms with Crippen molar-refractivity contribution in [3.8, 4) is 11.3 Å². The number of fused-ring (bicyclic) bond motifs is 1. The van der Waals surface area contributed by atoms with E-state index in [9.17, 15) is 9.59 Å². The van der Waals surface area contributed by atoms with Crippen molar-refractivity contribution in [3.05, 3.63) is 87.5 Å². The third-order valence-electron chi connectivity index (χ3n) is 4.28. The summed E-state index contributed by atoms with van der Waals surface area (Å²) in [5, 5.41) is 5.66. The Morgan fingerprint density at radius 1 is 1.00 bits per heavy atom. The van der Waals surface area contributed by atoms with Crippen LogP contribution in [0.1, 0.15) is 4.88 Å². The van der Waals surface area contributed by atoms with E-state index in [0.717, 1.165) is 15.8 Å². The molecule has 0 aliphatic carbocycles. The van der Waals surface area contributed by atoms with Crippen molar-refractivity contribution in [1.82, 2.24) is 14.9 Å². The van der Waals surface area contributed by atoms with Gasteiger partial charge >= 0.3 is 5.69 Å². The average molecular weight is 375 g/mol. The van der Waals surface area contributed by atoms with Gasteiger partial charge in [-0.3, -0.25) is 9.36 Å². The Labute approximate surface area is 159 Å². The molecular formula is C21H17N3O2S. The van der Waals surface area contributed by atoms with Gasteiger partial charge < -0.3 is 5.32 Å². The second-order valence-electron chi connectivity index (χ2n) is 6.07. The van der Waals surface area contributed by atoms with Gasteiger partial charge in [-0.05, 0) is 17.5 Å². The van der Waals surface area contributed by atoms with E-state index in [2.05, 4.69) is 10.3 Å². The predicted molar refractivity (Wildman–Crippen MR) is 108 cm³/mol. The van der Waals surface area contributed by atoms with Crippen LogP contribution in [0.3, 0.4) is 0 Å². The van der Waals surface area contributed by atoms with Crippen molar-refractivity contribution in [3.63, 3.8) is 0 Å². The summed E-state index contributed by atoms with van der Waals surface area (Å²) >= 11 is 1.58. The van der Waals surface area contributed by atoms with Crippen LogP contribution in [0.5, 0.6) is 0 Å². The predicted octanol–water partition coefficient (Wildman–Crippen LogP) is 3.44. The molecule has 1 N–H and O–H groups in total. The molecule has 0 aliphatic rings. The number of rotatable bonds is 5. The number of carbonyl (C=O) groups is 1. The first-order valence-corrected chi connectivity index (χ1v) is 9.44. The van der Waals surface area contributed by atoms with Gasteiger partial charge in [-0.15, -0.1) is 11.3 Å². The minimum atomic E-state index is -0.432. The van der Waals surface area contributed by atoms with E-state index in [1.807, 2.05) is 72.1 Å². The van der Waals surface area contributed by atoms with Crippen LogP contribution in [0.2, 0.25) is 0 Å². The number of nitrogens with one attached hydrogen (secondary N) is 1. The maximum Gasteiger partial charge on any atom is 0.349 e. The van der Waals surface area contributed by atoms with Gasteiger partial charge in [-0.2, -0.15) is 4.98 Å². The number of benzene rings is 2. The first kappa shape index (κ1) is 17.2. The van der Waals surface area contributed by atoms with Gasteiger partial charge in [0.1, 0.15) is 6.54 Å². The third-order valence-corrected chi connectivity index (χ3v) is 5.15. The van der Waals surface area contributed by atoms with Crippen LogP contribution in [0.25, 0.3) is 22.2 Å². The lowest BCUT2D eigenvalue weighted by molar-refractivity contribution is -0.121. The first-order valence-electron chi connectivity index (χ1n) is 8.56. The van der Waals surface area contributed by atoms with Crippen LogP contribution in [0.15, 0.2) is 76.9 Å². The molecule has 4 rings (SSSR count). The molecule has 134 valence electrons. The molecule has 0 radical (unpaired) electrons. The van der Waals surface area contributed by atoms with Crippen LogP contribution in [-0.4, -0.2) is 15.5 Å². The van der Waals surface area contributed by atoms with Gasteiger partial charge in [0.05, 0.1) is 17.8 Å². The van der Waals surface area contributed by atoms with Crippen molar-refractivity contribution < 1.29 is 4.79 Å². The van der Waals surface area contributed by atoms with E-state index in [-0.39, 0.29) is 12.5 Å². The molecule has 0 atom stereocenters. The molecule has 1 amide bonds. The van der Waals surface area contributed by atoms with Gasteiger partial charge in [0, 0.05) is 15.8 Å². The summed E-state index contributed by atoms with van der Waals surface area (Å²) in [5.41, 5.74) is 1.77. The maximum atomic E-state index is 12.7. The largest absolute Gasteiger partial charge is 0.350 e. The molecule has 2 aromatic heterocycles. The zero-order valence-electron chi connectivity index (χ0n) is 14.5. The fourth-order valence-corrected chi connectivity index (χ4v) is 3.64.